The van der Waals surface area contributed by atoms with Gasteiger partial charge < -0.3 is 14.1 Å². The third kappa shape index (κ3) is 6.44. The minimum absolute atomic E-state index is 0.510. The molecule has 0 amide bonds. The quantitative estimate of drug-likeness (QED) is 0.222. The zero-order valence-corrected chi connectivity index (χ0v) is 21.4. The fourth-order valence-corrected chi connectivity index (χ4v) is 4.00. The number of anilines is 1. The van der Waals surface area contributed by atoms with Crippen LogP contribution in [0.15, 0.2) is 63.9 Å². The van der Waals surface area contributed by atoms with E-state index in [1.807, 2.05) is 52.1 Å². The Bertz CT molecular complexity index is 1180. The van der Waals surface area contributed by atoms with Gasteiger partial charge in [0.25, 0.3) is 0 Å². The molecular weight excluding hydrogens is 438 g/mol. The molecule has 0 N–H and O–H groups in total. The second-order valence-corrected chi connectivity index (χ2v) is 7.98. The number of benzene rings is 1. The first kappa shape index (κ1) is 25.9. The van der Waals surface area contributed by atoms with E-state index in [1.165, 1.54) is 11.1 Å². The monoisotopic (exact) mass is 473 g/mol. The van der Waals surface area contributed by atoms with Crippen molar-refractivity contribution in [3.05, 3.63) is 88.7 Å². The van der Waals surface area contributed by atoms with E-state index in [4.69, 9.17) is 19.1 Å². The number of nitrogens with zero attached hydrogens (tertiary/aromatic N) is 5. The van der Waals surface area contributed by atoms with Gasteiger partial charge in [-0.05, 0) is 44.5 Å². The van der Waals surface area contributed by atoms with Crippen LogP contribution in [0, 0.1) is 0 Å². The zero-order valence-electron chi connectivity index (χ0n) is 21.4. The Morgan fingerprint density at radius 1 is 1.17 bits per heavy atom. The summed E-state index contributed by atoms with van der Waals surface area (Å²) in [5, 5.41) is 0. The molecule has 0 radical (unpaired) electrons. The van der Waals surface area contributed by atoms with Crippen LogP contribution in [-0.4, -0.2) is 35.8 Å². The molecule has 0 spiro atoms. The van der Waals surface area contributed by atoms with Gasteiger partial charge in [-0.1, -0.05) is 44.2 Å². The van der Waals surface area contributed by atoms with Crippen molar-refractivity contribution in [1.29, 1.82) is 0 Å². The van der Waals surface area contributed by atoms with Crippen LogP contribution in [0.4, 0.5) is 5.82 Å². The van der Waals surface area contributed by atoms with Crippen LogP contribution in [0.1, 0.15) is 61.4 Å². The molecule has 7 nitrogen and oxygen atoms in total. The average Bonchev–Trinajstić information content (AvgIpc) is 3.55. The van der Waals surface area contributed by atoms with Crippen LogP contribution in [-0.2, 0) is 30.5 Å². The molecule has 0 bridgehead atoms. The molecule has 35 heavy (non-hydrogen) atoms. The maximum Gasteiger partial charge on any atom is 0.213 e. The standard InChI is InChI=1S/C26H29N5O2.C2H6/c1-5-20(32-4)15-23(27-2)25-29-22-13-9-12-21(22)26(30-25)31(3)16-24-28-19(17-33-24)14-18-10-7-6-8-11-18;1-2/h5-8,10-11,15,17H,2,9,12-14,16H2,1,3-4H3;1-2H3/b20-5+,23-15-;. The van der Waals surface area contributed by atoms with Crippen LogP contribution in [0.2, 0.25) is 0 Å². The number of fused-ring (bicyclic) bond motifs is 1. The second kappa shape index (κ2) is 12.6. The number of aryl methyl sites for hydroxylation is 1. The van der Waals surface area contributed by atoms with Gasteiger partial charge in [0.05, 0.1) is 19.3 Å². The van der Waals surface area contributed by atoms with Crippen molar-refractivity contribution in [3.8, 4) is 0 Å². The van der Waals surface area contributed by atoms with Crippen molar-refractivity contribution in [2.24, 2.45) is 4.99 Å². The summed E-state index contributed by atoms with van der Waals surface area (Å²) in [5.74, 6) is 2.76. The van der Waals surface area contributed by atoms with Gasteiger partial charge in [0, 0.05) is 30.8 Å². The minimum atomic E-state index is 0.510. The van der Waals surface area contributed by atoms with E-state index in [0.29, 0.717) is 29.7 Å². The normalized spacial score (nSPS) is 13.1. The number of aliphatic imine (C=N–C) groups is 1. The van der Waals surface area contributed by atoms with Gasteiger partial charge in [-0.15, -0.1) is 0 Å². The fourth-order valence-electron chi connectivity index (χ4n) is 4.00. The molecule has 0 atom stereocenters. The third-order valence-electron chi connectivity index (χ3n) is 5.67. The smallest absolute Gasteiger partial charge is 0.213 e. The van der Waals surface area contributed by atoms with Crippen molar-refractivity contribution in [1.82, 2.24) is 15.0 Å². The highest BCUT2D eigenvalue weighted by atomic mass is 16.5. The molecule has 3 aromatic rings. The number of methoxy groups -OCH3 is 1. The number of rotatable bonds is 9. The van der Waals surface area contributed by atoms with E-state index in [9.17, 15) is 0 Å². The summed E-state index contributed by atoms with van der Waals surface area (Å²) in [5.41, 5.74) is 4.94. The van der Waals surface area contributed by atoms with E-state index in [2.05, 4.69) is 33.7 Å². The molecule has 0 aliphatic heterocycles. The van der Waals surface area contributed by atoms with Crippen molar-refractivity contribution in [3.63, 3.8) is 0 Å². The van der Waals surface area contributed by atoms with Crippen molar-refractivity contribution in [2.75, 3.05) is 19.1 Å². The molecule has 1 aliphatic rings. The lowest BCUT2D eigenvalue weighted by atomic mass is 10.1. The van der Waals surface area contributed by atoms with Gasteiger partial charge in [0.2, 0.25) is 5.89 Å². The van der Waals surface area contributed by atoms with Crippen LogP contribution in [0.5, 0.6) is 0 Å². The zero-order chi connectivity index (χ0) is 25.2. The molecule has 7 heteroatoms. The summed E-state index contributed by atoms with van der Waals surface area (Å²) in [4.78, 5) is 20.6. The number of oxazole rings is 1. The molecule has 1 aromatic carbocycles. The van der Waals surface area contributed by atoms with E-state index >= 15 is 0 Å². The Morgan fingerprint density at radius 2 is 1.94 bits per heavy atom. The lowest BCUT2D eigenvalue weighted by molar-refractivity contribution is 0.306. The van der Waals surface area contributed by atoms with Gasteiger partial charge in [0.1, 0.15) is 23.5 Å². The summed E-state index contributed by atoms with van der Waals surface area (Å²) in [6.07, 6.45) is 9.09. The van der Waals surface area contributed by atoms with E-state index in [1.54, 1.807) is 19.4 Å². The van der Waals surface area contributed by atoms with E-state index in [-0.39, 0.29) is 0 Å². The number of aromatic nitrogens is 3. The lowest BCUT2D eigenvalue weighted by Gasteiger charge is -2.20. The van der Waals surface area contributed by atoms with Gasteiger partial charge in [0.15, 0.2) is 5.82 Å². The molecule has 4 rings (SSSR count). The van der Waals surface area contributed by atoms with Crippen LogP contribution < -0.4 is 4.90 Å². The predicted molar refractivity (Wildman–Crippen MR) is 142 cm³/mol. The third-order valence-corrected chi connectivity index (χ3v) is 5.67. The second-order valence-electron chi connectivity index (χ2n) is 7.98. The average molecular weight is 474 g/mol. The van der Waals surface area contributed by atoms with Crippen molar-refractivity contribution >= 4 is 18.2 Å². The highest BCUT2D eigenvalue weighted by molar-refractivity contribution is 5.67. The molecule has 1 aliphatic carbocycles. The largest absolute Gasteiger partial charge is 0.497 e. The Hall–Kier alpha value is -3.74. The fraction of sp³-hybridized carbons (Fsp3) is 0.357. The minimum Gasteiger partial charge on any atom is -0.497 e. The van der Waals surface area contributed by atoms with Gasteiger partial charge in [-0.25, -0.2) is 15.0 Å². The SMILES string of the molecule is C=N/C(=C\C(=C/C)OC)c1nc2c(c(N(C)Cc3nc(Cc4ccccc4)co3)n1)CCC2.CC. The Balaban J connectivity index is 0.00000167. The molecule has 2 aromatic heterocycles. The molecule has 0 fully saturated rings. The molecule has 0 saturated carbocycles. The highest BCUT2D eigenvalue weighted by Crippen LogP contribution is 2.31. The van der Waals surface area contributed by atoms with Crippen molar-refractivity contribution in [2.45, 2.75) is 53.0 Å². The summed E-state index contributed by atoms with van der Waals surface area (Å²) in [7, 11) is 3.63. The molecule has 2 heterocycles. The number of hydrogen-bond acceptors (Lipinski definition) is 7. The van der Waals surface area contributed by atoms with Gasteiger partial charge >= 0.3 is 0 Å². The molecule has 184 valence electrons. The molecule has 0 saturated heterocycles. The van der Waals surface area contributed by atoms with E-state index < -0.39 is 0 Å². The summed E-state index contributed by atoms with van der Waals surface area (Å²) >= 11 is 0. The first-order chi connectivity index (χ1) is 17.1. The highest BCUT2D eigenvalue weighted by Gasteiger charge is 2.23. The lowest BCUT2D eigenvalue weighted by Crippen LogP contribution is -2.21. The summed E-state index contributed by atoms with van der Waals surface area (Å²) in [6, 6.07) is 10.3. The Labute approximate surface area is 208 Å². The van der Waals surface area contributed by atoms with Crippen LogP contribution >= 0.6 is 0 Å². The number of hydrogen-bond donors (Lipinski definition) is 0. The predicted octanol–water partition coefficient (Wildman–Crippen LogP) is 5.80. The van der Waals surface area contributed by atoms with Crippen molar-refractivity contribution < 1.29 is 9.15 Å². The maximum absolute atomic E-state index is 5.77. The van der Waals surface area contributed by atoms with Crippen LogP contribution in [0.25, 0.3) is 5.70 Å². The number of allylic oxidation sites excluding steroid dienone is 2. The summed E-state index contributed by atoms with van der Waals surface area (Å²) < 4.78 is 11.1. The Morgan fingerprint density at radius 3 is 2.63 bits per heavy atom. The summed E-state index contributed by atoms with van der Waals surface area (Å²) in [6.45, 7) is 10.1. The molecular formula is C28H35N5O2. The molecule has 0 unspecified atom stereocenters. The van der Waals surface area contributed by atoms with Gasteiger partial charge in [-0.2, -0.15) is 0 Å². The topological polar surface area (TPSA) is 76.6 Å². The Kier molecular flexibility index (Phi) is 9.35. The number of ether oxygens (including phenoxy) is 1. The van der Waals surface area contributed by atoms with Gasteiger partial charge in [-0.3, -0.25) is 4.99 Å². The van der Waals surface area contributed by atoms with E-state index in [0.717, 1.165) is 42.9 Å². The van der Waals surface area contributed by atoms with Crippen LogP contribution in [0.3, 0.4) is 0 Å². The first-order valence-corrected chi connectivity index (χ1v) is 12.1. The maximum atomic E-state index is 5.77. The first-order valence-electron chi connectivity index (χ1n) is 12.1.